The number of nitrogens with one attached hydrogen (secondary N) is 2. The lowest BCUT2D eigenvalue weighted by Gasteiger charge is -2.18. The minimum atomic E-state index is -3.80. The van der Waals surface area contributed by atoms with E-state index >= 15 is 0 Å². The Hall–Kier alpha value is -3.20. The monoisotopic (exact) mass is 386 g/mol. The second kappa shape index (κ2) is 5.92. The van der Waals surface area contributed by atoms with Gasteiger partial charge in [-0.05, 0) is 42.8 Å². The Labute approximate surface area is 154 Å². The molecule has 2 N–H and O–H groups in total. The van der Waals surface area contributed by atoms with Gasteiger partial charge >= 0.3 is 0 Å². The van der Waals surface area contributed by atoms with Crippen molar-refractivity contribution in [2.24, 2.45) is 7.05 Å². The Morgan fingerprint density at radius 3 is 2.70 bits per heavy atom. The zero-order valence-corrected chi connectivity index (χ0v) is 15.3. The lowest BCUT2D eigenvalue weighted by atomic mass is 10.0. The van der Waals surface area contributed by atoms with Gasteiger partial charge in [-0.25, -0.2) is 4.39 Å². The van der Waals surface area contributed by atoms with Crippen LogP contribution < -0.4 is 10.0 Å². The fourth-order valence-electron chi connectivity index (χ4n) is 2.97. The number of fused-ring (bicyclic) bond motifs is 3. The zero-order chi connectivity index (χ0) is 19.3. The maximum absolute atomic E-state index is 13.4. The number of sulfonamides is 1. The summed E-state index contributed by atoms with van der Waals surface area (Å²) in [5.41, 5.74) is 2.56. The van der Waals surface area contributed by atoms with Crippen LogP contribution in [0.1, 0.15) is 15.9 Å². The van der Waals surface area contributed by atoms with Gasteiger partial charge in [0.05, 0.1) is 5.69 Å². The highest BCUT2D eigenvalue weighted by molar-refractivity contribution is 7.92. The Balaban J connectivity index is 1.69. The predicted octanol–water partition coefficient (Wildman–Crippen LogP) is 2.90. The molecular weight excluding hydrogens is 371 g/mol. The van der Waals surface area contributed by atoms with Gasteiger partial charge in [0.2, 0.25) is 5.03 Å². The Bertz CT molecular complexity index is 1200. The van der Waals surface area contributed by atoms with E-state index in [-0.39, 0.29) is 16.4 Å². The number of nitrogens with zero attached hydrogens (tertiary/aromatic N) is 2. The summed E-state index contributed by atoms with van der Waals surface area (Å²) < 4.78 is 42.0. The van der Waals surface area contributed by atoms with Gasteiger partial charge in [0.15, 0.2) is 0 Å². The number of carbonyl (C=O) groups excluding carboxylic acids is 1. The molecule has 0 saturated heterocycles. The number of hydrogen-bond donors (Lipinski definition) is 2. The number of anilines is 2. The van der Waals surface area contributed by atoms with Crippen LogP contribution in [0.2, 0.25) is 0 Å². The topological polar surface area (TPSA) is 93.1 Å². The number of carbonyl (C=O) groups is 1. The standard InChI is InChI=1S/C18H15FN4O3S/c1-10-7-12(4-6-15(10)19)20-17(24)11-3-5-13-14-9-23(2)21-18(14)27(25,26)22-16(13)8-11/h3-9,22H,1-2H3,(H,20,24). The molecule has 0 unspecified atom stereocenters. The van der Waals surface area contributed by atoms with E-state index in [1.54, 1.807) is 32.3 Å². The number of aryl methyl sites for hydroxylation is 2. The molecule has 2 aromatic carbocycles. The summed E-state index contributed by atoms with van der Waals surface area (Å²) in [5, 5.41) is 6.62. The SMILES string of the molecule is Cc1cc(NC(=O)c2ccc3c(c2)NS(=O)(=O)c2nn(C)cc2-3)ccc1F. The molecule has 1 aliphatic rings. The van der Waals surface area contributed by atoms with E-state index in [1.807, 2.05) is 0 Å². The fraction of sp³-hybridized carbons (Fsp3) is 0.111. The quantitative estimate of drug-likeness (QED) is 0.708. The van der Waals surface area contributed by atoms with Gasteiger partial charge in [0.1, 0.15) is 5.82 Å². The molecule has 1 aliphatic heterocycles. The second-order valence-electron chi connectivity index (χ2n) is 6.31. The van der Waals surface area contributed by atoms with Gasteiger partial charge in [-0.15, -0.1) is 0 Å². The molecule has 7 nitrogen and oxygen atoms in total. The van der Waals surface area contributed by atoms with Crippen molar-refractivity contribution < 1.29 is 17.6 Å². The first-order valence-corrected chi connectivity index (χ1v) is 9.51. The van der Waals surface area contributed by atoms with Crippen LogP contribution in [0.5, 0.6) is 0 Å². The zero-order valence-electron chi connectivity index (χ0n) is 14.4. The first-order chi connectivity index (χ1) is 12.7. The normalized spacial score (nSPS) is 14.0. The third-order valence-electron chi connectivity index (χ3n) is 4.28. The lowest BCUT2D eigenvalue weighted by molar-refractivity contribution is 0.102. The fourth-order valence-corrected chi connectivity index (χ4v) is 4.22. The van der Waals surface area contributed by atoms with Crippen LogP contribution in [0.15, 0.2) is 47.6 Å². The van der Waals surface area contributed by atoms with Crippen molar-refractivity contribution in [3.63, 3.8) is 0 Å². The van der Waals surface area contributed by atoms with Gasteiger partial charge < -0.3 is 5.32 Å². The highest BCUT2D eigenvalue weighted by Crippen LogP contribution is 2.38. The molecule has 9 heteroatoms. The molecule has 0 spiro atoms. The number of rotatable bonds is 2. The van der Waals surface area contributed by atoms with Crippen LogP contribution in [-0.2, 0) is 17.1 Å². The van der Waals surface area contributed by atoms with Gasteiger partial charge in [-0.1, -0.05) is 6.07 Å². The van der Waals surface area contributed by atoms with Crippen molar-refractivity contribution in [1.82, 2.24) is 9.78 Å². The molecule has 1 amide bonds. The summed E-state index contributed by atoms with van der Waals surface area (Å²) in [5.74, 6) is -0.788. The van der Waals surface area contributed by atoms with Crippen molar-refractivity contribution in [3.05, 3.63) is 59.5 Å². The largest absolute Gasteiger partial charge is 0.322 e. The van der Waals surface area contributed by atoms with Crippen molar-refractivity contribution in [3.8, 4) is 11.1 Å². The molecule has 0 bridgehead atoms. The van der Waals surface area contributed by atoms with Crippen LogP contribution >= 0.6 is 0 Å². The van der Waals surface area contributed by atoms with Gasteiger partial charge in [0, 0.05) is 35.6 Å². The molecule has 0 atom stereocenters. The molecule has 0 fully saturated rings. The number of amides is 1. The third-order valence-corrected chi connectivity index (χ3v) is 5.58. The molecule has 0 radical (unpaired) electrons. The molecule has 3 aromatic rings. The first kappa shape index (κ1) is 17.2. The highest BCUT2D eigenvalue weighted by atomic mass is 32.2. The minimum Gasteiger partial charge on any atom is -0.322 e. The molecule has 0 saturated carbocycles. The van der Waals surface area contributed by atoms with E-state index in [4.69, 9.17) is 0 Å². The van der Waals surface area contributed by atoms with E-state index in [0.29, 0.717) is 28.1 Å². The van der Waals surface area contributed by atoms with Gasteiger partial charge in [-0.2, -0.15) is 13.5 Å². The first-order valence-electron chi connectivity index (χ1n) is 8.03. The van der Waals surface area contributed by atoms with Crippen molar-refractivity contribution in [1.29, 1.82) is 0 Å². The molecule has 27 heavy (non-hydrogen) atoms. The van der Waals surface area contributed by atoms with E-state index in [1.165, 1.54) is 28.9 Å². The number of benzene rings is 2. The molecule has 0 aliphatic carbocycles. The summed E-state index contributed by atoms with van der Waals surface area (Å²) in [6.07, 6.45) is 1.62. The summed E-state index contributed by atoms with van der Waals surface area (Å²) in [4.78, 5) is 12.5. The maximum Gasteiger partial charge on any atom is 0.281 e. The Kier molecular flexibility index (Phi) is 3.77. The Morgan fingerprint density at radius 2 is 1.96 bits per heavy atom. The average Bonchev–Trinajstić information content (AvgIpc) is 3.00. The van der Waals surface area contributed by atoms with E-state index in [0.717, 1.165) is 0 Å². The number of halogens is 1. The Morgan fingerprint density at radius 1 is 1.19 bits per heavy atom. The summed E-state index contributed by atoms with van der Waals surface area (Å²) in [6.45, 7) is 1.60. The smallest absolute Gasteiger partial charge is 0.281 e. The van der Waals surface area contributed by atoms with Crippen LogP contribution in [0, 0.1) is 12.7 Å². The molecule has 2 heterocycles. The van der Waals surface area contributed by atoms with Crippen LogP contribution in [0.4, 0.5) is 15.8 Å². The second-order valence-corrected chi connectivity index (χ2v) is 7.90. The van der Waals surface area contributed by atoms with Gasteiger partial charge in [0.25, 0.3) is 15.9 Å². The van der Waals surface area contributed by atoms with Gasteiger partial charge in [-0.3, -0.25) is 14.2 Å². The predicted molar refractivity (Wildman–Crippen MR) is 98.5 cm³/mol. The molecule has 138 valence electrons. The maximum atomic E-state index is 13.4. The highest BCUT2D eigenvalue weighted by Gasteiger charge is 2.31. The van der Waals surface area contributed by atoms with E-state index < -0.39 is 15.9 Å². The lowest BCUT2D eigenvalue weighted by Crippen LogP contribution is -2.20. The van der Waals surface area contributed by atoms with Crippen molar-refractivity contribution >= 4 is 27.3 Å². The van der Waals surface area contributed by atoms with E-state index in [2.05, 4.69) is 15.1 Å². The van der Waals surface area contributed by atoms with Crippen molar-refractivity contribution in [2.45, 2.75) is 11.9 Å². The van der Waals surface area contributed by atoms with Crippen LogP contribution in [0.3, 0.4) is 0 Å². The minimum absolute atomic E-state index is 0.0449. The third kappa shape index (κ3) is 2.95. The van der Waals surface area contributed by atoms with Crippen LogP contribution in [0.25, 0.3) is 11.1 Å². The molecular formula is C18H15FN4O3S. The molecule has 1 aromatic heterocycles. The molecule has 4 rings (SSSR count). The number of aromatic nitrogens is 2. The average molecular weight is 386 g/mol. The summed E-state index contributed by atoms with van der Waals surface area (Å²) >= 11 is 0. The number of hydrogen-bond acceptors (Lipinski definition) is 4. The van der Waals surface area contributed by atoms with E-state index in [9.17, 15) is 17.6 Å². The van der Waals surface area contributed by atoms with Crippen LogP contribution in [-0.4, -0.2) is 24.1 Å². The summed E-state index contributed by atoms with van der Waals surface area (Å²) in [6, 6.07) is 8.99. The summed E-state index contributed by atoms with van der Waals surface area (Å²) in [7, 11) is -2.16. The van der Waals surface area contributed by atoms with Crippen molar-refractivity contribution in [2.75, 3.05) is 10.0 Å².